The van der Waals surface area contributed by atoms with Gasteiger partial charge in [-0.2, -0.15) is 0 Å². The van der Waals surface area contributed by atoms with E-state index in [-0.39, 0.29) is 46.6 Å². The molecule has 3 fully saturated rings. The van der Waals surface area contributed by atoms with Crippen molar-refractivity contribution in [2.75, 3.05) is 12.0 Å². The number of alkyl halides is 1. The number of halogens is 2. The molecule has 6 rings (SSSR count). The second-order valence-electron chi connectivity index (χ2n) is 9.49. The third-order valence-electron chi connectivity index (χ3n) is 7.24. The molecule has 0 spiro atoms. The number of anilines is 1. The van der Waals surface area contributed by atoms with E-state index in [0.717, 1.165) is 32.1 Å². The Morgan fingerprint density at radius 3 is 2.60 bits per heavy atom. The normalized spacial score (nSPS) is 25.5. The minimum Gasteiger partial charge on any atom is -0.507 e. The second-order valence-corrected chi connectivity index (χ2v) is 9.49. The highest BCUT2D eigenvalue weighted by molar-refractivity contribution is 5.73. The lowest BCUT2D eigenvalue weighted by molar-refractivity contribution is 0.171. The molecule has 4 atom stereocenters. The summed E-state index contributed by atoms with van der Waals surface area (Å²) in [6, 6.07) is 4.30. The molecular weight excluding hydrogens is 454 g/mol. The fraction of sp³-hybridized carbons (Fsp3) is 0.440. The van der Waals surface area contributed by atoms with E-state index in [1.165, 1.54) is 37.8 Å². The number of aromatic hydroxyl groups is 1. The molecule has 2 bridgehead atoms. The highest BCUT2D eigenvalue weighted by Crippen LogP contribution is 2.40. The van der Waals surface area contributed by atoms with Crippen molar-refractivity contribution in [3.63, 3.8) is 0 Å². The van der Waals surface area contributed by atoms with Gasteiger partial charge in [-0.25, -0.2) is 23.7 Å². The van der Waals surface area contributed by atoms with Gasteiger partial charge in [0.15, 0.2) is 0 Å². The van der Waals surface area contributed by atoms with E-state index < -0.39 is 12.0 Å². The maximum atomic E-state index is 15.3. The average molecular weight is 481 g/mol. The number of ether oxygens (including phenoxy) is 1. The van der Waals surface area contributed by atoms with Crippen molar-refractivity contribution in [3.8, 4) is 34.1 Å². The van der Waals surface area contributed by atoms with Gasteiger partial charge >= 0.3 is 0 Å². The Hall–Kier alpha value is -3.40. The number of methoxy groups -OCH3 is 1. The standard InChI is InChI=1S/C25H26F2N6O2/c1-35-24-9-19(30-12-31-24)15-8-22(34)16(7-17(15)26)20-10-29-23(11-28-20)33(14-3-4-14)21-6-13-2-5-18(32-13)25(21)27/h7-14,18,21,25,32,34H,2-6H2,1H3/t13-,18?,21-,25+/m0/s1. The molecule has 35 heavy (non-hydrogen) atoms. The van der Waals surface area contributed by atoms with Gasteiger partial charge in [0.2, 0.25) is 5.88 Å². The maximum absolute atomic E-state index is 15.3. The van der Waals surface area contributed by atoms with Crippen molar-refractivity contribution in [1.29, 1.82) is 0 Å². The molecule has 182 valence electrons. The molecule has 1 saturated carbocycles. The van der Waals surface area contributed by atoms with Crippen LogP contribution >= 0.6 is 0 Å². The molecule has 2 N–H and O–H groups in total. The van der Waals surface area contributed by atoms with Gasteiger partial charge in [-0.1, -0.05) is 0 Å². The molecule has 3 aliphatic rings. The molecule has 8 nitrogen and oxygen atoms in total. The summed E-state index contributed by atoms with van der Waals surface area (Å²) in [5, 5.41) is 14.0. The van der Waals surface area contributed by atoms with E-state index in [1.807, 2.05) is 0 Å². The zero-order chi connectivity index (χ0) is 24.1. The number of nitrogens with zero attached hydrogens (tertiary/aromatic N) is 5. The van der Waals surface area contributed by atoms with E-state index in [0.29, 0.717) is 17.6 Å². The van der Waals surface area contributed by atoms with Gasteiger partial charge < -0.3 is 20.1 Å². The molecule has 0 amide bonds. The Morgan fingerprint density at radius 1 is 1.00 bits per heavy atom. The number of hydrogen-bond acceptors (Lipinski definition) is 8. The van der Waals surface area contributed by atoms with Gasteiger partial charge in [0.05, 0.1) is 36.9 Å². The van der Waals surface area contributed by atoms with Crippen molar-refractivity contribution in [1.82, 2.24) is 25.3 Å². The zero-order valence-electron chi connectivity index (χ0n) is 19.2. The van der Waals surface area contributed by atoms with Crippen LogP contribution in [0.15, 0.2) is 36.9 Å². The summed E-state index contributed by atoms with van der Waals surface area (Å²) in [6.45, 7) is 0. The number of benzene rings is 1. The number of nitrogens with one attached hydrogen (secondary N) is 1. The van der Waals surface area contributed by atoms with Crippen LogP contribution in [-0.2, 0) is 0 Å². The number of aromatic nitrogens is 4. The van der Waals surface area contributed by atoms with Crippen LogP contribution in [0, 0.1) is 5.82 Å². The largest absolute Gasteiger partial charge is 0.507 e. The third-order valence-corrected chi connectivity index (χ3v) is 7.24. The van der Waals surface area contributed by atoms with Gasteiger partial charge in [0.25, 0.3) is 0 Å². The SMILES string of the molecule is COc1cc(-c2cc(O)c(-c3cnc(N(C4CC4)[C@H]4C[C@@H]5CCC(N5)[C@H]4F)cn3)cc2F)ncn1. The summed E-state index contributed by atoms with van der Waals surface area (Å²) in [5.41, 5.74) is 0.947. The molecule has 10 heteroatoms. The van der Waals surface area contributed by atoms with Gasteiger partial charge in [0.1, 0.15) is 29.9 Å². The van der Waals surface area contributed by atoms with Gasteiger partial charge in [-0.05, 0) is 44.2 Å². The molecule has 4 heterocycles. The topological polar surface area (TPSA) is 96.3 Å². The number of phenols is 1. The molecule has 2 aromatic heterocycles. The van der Waals surface area contributed by atoms with Gasteiger partial charge in [-0.15, -0.1) is 0 Å². The van der Waals surface area contributed by atoms with Crippen LogP contribution in [0.4, 0.5) is 14.6 Å². The molecule has 1 aromatic carbocycles. The summed E-state index contributed by atoms with van der Waals surface area (Å²) in [5.74, 6) is 0.181. The van der Waals surface area contributed by atoms with Crippen LogP contribution in [-0.4, -0.2) is 62.5 Å². The molecule has 0 radical (unpaired) electrons. The second kappa shape index (κ2) is 8.67. The molecule has 2 saturated heterocycles. The van der Waals surface area contributed by atoms with E-state index in [2.05, 4.69) is 30.2 Å². The first-order valence-electron chi connectivity index (χ1n) is 11.9. The Morgan fingerprint density at radius 2 is 1.86 bits per heavy atom. The Balaban J connectivity index is 1.28. The van der Waals surface area contributed by atoms with E-state index in [4.69, 9.17) is 4.74 Å². The van der Waals surface area contributed by atoms with Gasteiger partial charge in [-0.3, -0.25) is 4.98 Å². The van der Waals surface area contributed by atoms with E-state index >= 15 is 8.78 Å². The van der Waals surface area contributed by atoms with Gasteiger partial charge in [0, 0.05) is 35.3 Å². The lowest BCUT2D eigenvalue weighted by Crippen LogP contribution is -2.57. The van der Waals surface area contributed by atoms with Crippen LogP contribution in [0.2, 0.25) is 0 Å². The van der Waals surface area contributed by atoms with Crippen molar-refractivity contribution >= 4 is 5.82 Å². The summed E-state index contributed by atoms with van der Waals surface area (Å²) < 4.78 is 35.4. The number of fused-ring (bicyclic) bond motifs is 2. The number of phenolic OH excluding ortho intramolecular Hbond substituents is 1. The molecular formula is C25H26F2N6O2. The molecule has 3 aromatic rings. The summed E-state index contributed by atoms with van der Waals surface area (Å²) in [7, 11) is 1.46. The Labute approximate surface area is 201 Å². The average Bonchev–Trinajstić information content (AvgIpc) is 3.63. The van der Waals surface area contributed by atoms with Crippen LogP contribution < -0.4 is 15.0 Å². The lowest BCUT2D eigenvalue weighted by Gasteiger charge is -2.41. The quantitative estimate of drug-likeness (QED) is 0.552. The monoisotopic (exact) mass is 480 g/mol. The fourth-order valence-corrected chi connectivity index (χ4v) is 5.38. The smallest absolute Gasteiger partial charge is 0.216 e. The van der Waals surface area contributed by atoms with Crippen molar-refractivity contribution in [2.24, 2.45) is 0 Å². The first kappa shape index (κ1) is 22.1. The van der Waals surface area contributed by atoms with Crippen LogP contribution in [0.3, 0.4) is 0 Å². The lowest BCUT2D eigenvalue weighted by atomic mass is 9.96. The number of rotatable bonds is 6. The highest BCUT2D eigenvalue weighted by atomic mass is 19.1. The number of piperidine rings is 1. The minimum atomic E-state index is -0.957. The maximum Gasteiger partial charge on any atom is 0.216 e. The first-order valence-corrected chi connectivity index (χ1v) is 11.9. The van der Waals surface area contributed by atoms with Crippen LogP contribution in [0.25, 0.3) is 22.5 Å². The Kier molecular flexibility index (Phi) is 5.47. The predicted octanol–water partition coefficient (Wildman–Crippen LogP) is 3.65. The minimum absolute atomic E-state index is 0.0967. The van der Waals surface area contributed by atoms with Crippen molar-refractivity contribution in [3.05, 3.63) is 42.7 Å². The highest BCUT2D eigenvalue weighted by Gasteiger charge is 2.48. The fourth-order valence-electron chi connectivity index (χ4n) is 5.38. The summed E-state index contributed by atoms with van der Waals surface area (Å²) in [6.07, 6.45) is 8.07. The van der Waals surface area contributed by atoms with Crippen molar-refractivity contribution in [2.45, 2.75) is 62.4 Å². The molecule has 1 aliphatic carbocycles. The van der Waals surface area contributed by atoms with Crippen molar-refractivity contribution < 1.29 is 18.6 Å². The zero-order valence-corrected chi connectivity index (χ0v) is 19.2. The van der Waals surface area contributed by atoms with Crippen LogP contribution in [0.1, 0.15) is 32.1 Å². The first-order chi connectivity index (χ1) is 17.0. The molecule has 1 unspecified atom stereocenters. The summed E-state index contributed by atoms with van der Waals surface area (Å²) in [4.78, 5) is 19.1. The molecule has 2 aliphatic heterocycles. The Bertz CT molecular complexity index is 1240. The van der Waals surface area contributed by atoms with E-state index in [1.54, 1.807) is 6.20 Å². The van der Waals surface area contributed by atoms with Crippen LogP contribution in [0.5, 0.6) is 11.6 Å². The number of hydrogen-bond donors (Lipinski definition) is 2. The predicted molar refractivity (Wildman–Crippen MR) is 125 cm³/mol. The van der Waals surface area contributed by atoms with E-state index in [9.17, 15) is 5.11 Å². The summed E-state index contributed by atoms with van der Waals surface area (Å²) >= 11 is 0. The third kappa shape index (κ3) is 4.05.